The zero-order chi connectivity index (χ0) is 11.8. The van der Waals surface area contributed by atoms with E-state index in [0.29, 0.717) is 5.82 Å². The molecule has 0 aromatic carbocycles. The van der Waals surface area contributed by atoms with Gasteiger partial charge in [0.15, 0.2) is 0 Å². The molecule has 88 valence electrons. The lowest BCUT2D eigenvalue weighted by Crippen LogP contribution is -2.14. The molecule has 16 heavy (non-hydrogen) atoms. The number of nitrogens with two attached hydrogens (primary N) is 1. The molecule has 0 saturated carbocycles. The van der Waals surface area contributed by atoms with Gasteiger partial charge in [0, 0.05) is 6.54 Å². The van der Waals surface area contributed by atoms with Crippen molar-refractivity contribution in [1.29, 1.82) is 0 Å². The van der Waals surface area contributed by atoms with Gasteiger partial charge in [-0.3, -0.25) is 4.79 Å². The van der Waals surface area contributed by atoms with Gasteiger partial charge >= 0.3 is 0 Å². The number of aromatic nitrogens is 2. The SMILES string of the molecule is CCCCCCNc1cnc(C(N)=O)cn1. The predicted molar refractivity (Wildman–Crippen MR) is 63.2 cm³/mol. The number of rotatable bonds is 7. The van der Waals surface area contributed by atoms with E-state index in [2.05, 4.69) is 22.2 Å². The molecular weight excluding hydrogens is 204 g/mol. The highest BCUT2D eigenvalue weighted by molar-refractivity contribution is 5.90. The summed E-state index contributed by atoms with van der Waals surface area (Å²) in [6, 6.07) is 0. The Morgan fingerprint density at radius 1 is 1.31 bits per heavy atom. The largest absolute Gasteiger partial charge is 0.369 e. The molecule has 1 heterocycles. The van der Waals surface area contributed by atoms with E-state index in [1.165, 1.54) is 31.7 Å². The molecule has 5 heteroatoms. The van der Waals surface area contributed by atoms with Crippen LogP contribution in [0.1, 0.15) is 43.1 Å². The summed E-state index contributed by atoms with van der Waals surface area (Å²) in [5.41, 5.74) is 5.25. The molecule has 0 bridgehead atoms. The summed E-state index contributed by atoms with van der Waals surface area (Å²) in [5, 5.41) is 3.14. The fourth-order valence-electron chi connectivity index (χ4n) is 1.31. The maximum Gasteiger partial charge on any atom is 0.268 e. The average Bonchev–Trinajstić information content (AvgIpc) is 2.29. The quantitative estimate of drug-likeness (QED) is 0.686. The standard InChI is InChI=1S/C11H18N4O/c1-2-3-4-5-6-13-10-8-14-9(7-15-10)11(12)16/h7-8H,2-6H2,1H3,(H2,12,16)(H,13,15). The highest BCUT2D eigenvalue weighted by Gasteiger charge is 2.01. The molecule has 0 aliphatic heterocycles. The molecule has 0 fully saturated rings. The van der Waals surface area contributed by atoms with E-state index in [-0.39, 0.29) is 5.69 Å². The van der Waals surface area contributed by atoms with Crippen LogP contribution in [-0.2, 0) is 0 Å². The fraction of sp³-hybridized carbons (Fsp3) is 0.545. The molecule has 0 aliphatic rings. The van der Waals surface area contributed by atoms with Gasteiger partial charge in [-0.25, -0.2) is 9.97 Å². The Hall–Kier alpha value is -1.65. The number of amides is 1. The van der Waals surface area contributed by atoms with Crippen molar-refractivity contribution in [3.05, 3.63) is 18.1 Å². The van der Waals surface area contributed by atoms with Crippen LogP contribution in [0.15, 0.2) is 12.4 Å². The van der Waals surface area contributed by atoms with Crippen molar-refractivity contribution < 1.29 is 4.79 Å². The van der Waals surface area contributed by atoms with E-state index in [9.17, 15) is 4.79 Å². The van der Waals surface area contributed by atoms with Crippen LogP contribution in [0.2, 0.25) is 0 Å². The lowest BCUT2D eigenvalue weighted by atomic mass is 10.2. The minimum Gasteiger partial charge on any atom is -0.369 e. The number of hydrogen-bond donors (Lipinski definition) is 2. The van der Waals surface area contributed by atoms with E-state index >= 15 is 0 Å². The van der Waals surface area contributed by atoms with E-state index in [1.54, 1.807) is 0 Å². The van der Waals surface area contributed by atoms with Crippen molar-refractivity contribution in [1.82, 2.24) is 9.97 Å². The minimum atomic E-state index is -0.554. The molecular formula is C11H18N4O. The topological polar surface area (TPSA) is 80.9 Å². The molecule has 0 spiro atoms. The first-order chi connectivity index (χ1) is 7.74. The molecule has 0 saturated heterocycles. The first-order valence-corrected chi connectivity index (χ1v) is 5.59. The monoisotopic (exact) mass is 222 g/mol. The second-order valence-corrected chi connectivity index (χ2v) is 3.64. The number of unbranched alkanes of at least 4 members (excludes halogenated alkanes) is 3. The summed E-state index contributed by atoms with van der Waals surface area (Å²) in [7, 11) is 0. The van der Waals surface area contributed by atoms with Gasteiger partial charge in [-0.1, -0.05) is 26.2 Å². The Morgan fingerprint density at radius 3 is 2.69 bits per heavy atom. The summed E-state index contributed by atoms with van der Waals surface area (Å²) in [6.07, 6.45) is 7.74. The maximum atomic E-state index is 10.7. The lowest BCUT2D eigenvalue weighted by molar-refractivity contribution is 0.0995. The smallest absolute Gasteiger partial charge is 0.268 e. The predicted octanol–water partition coefficient (Wildman–Crippen LogP) is 1.57. The molecule has 0 aliphatic carbocycles. The Labute approximate surface area is 95.5 Å². The molecule has 1 aromatic rings. The number of nitrogens with one attached hydrogen (secondary N) is 1. The molecule has 0 unspecified atom stereocenters. The molecule has 1 aromatic heterocycles. The number of primary amides is 1. The van der Waals surface area contributed by atoms with Crippen molar-refractivity contribution in [3.63, 3.8) is 0 Å². The summed E-state index contributed by atoms with van der Waals surface area (Å²) in [4.78, 5) is 18.7. The van der Waals surface area contributed by atoms with Gasteiger partial charge < -0.3 is 11.1 Å². The highest BCUT2D eigenvalue weighted by atomic mass is 16.1. The van der Waals surface area contributed by atoms with Gasteiger partial charge in [0.2, 0.25) is 0 Å². The third-order valence-electron chi connectivity index (χ3n) is 2.24. The van der Waals surface area contributed by atoms with Crippen LogP contribution < -0.4 is 11.1 Å². The Bertz CT molecular complexity index is 323. The van der Waals surface area contributed by atoms with Crippen molar-refractivity contribution in [2.24, 2.45) is 5.73 Å². The highest BCUT2D eigenvalue weighted by Crippen LogP contribution is 2.03. The number of nitrogens with zero attached hydrogens (tertiary/aromatic N) is 2. The number of carbonyl (C=O) groups excluding carboxylic acids is 1. The Kier molecular flexibility index (Phi) is 5.25. The van der Waals surface area contributed by atoms with Crippen molar-refractivity contribution >= 4 is 11.7 Å². The molecule has 0 radical (unpaired) electrons. The van der Waals surface area contributed by atoms with Crippen molar-refractivity contribution in [2.75, 3.05) is 11.9 Å². The summed E-state index contributed by atoms with van der Waals surface area (Å²) < 4.78 is 0. The fourth-order valence-corrected chi connectivity index (χ4v) is 1.31. The lowest BCUT2D eigenvalue weighted by Gasteiger charge is -2.04. The van der Waals surface area contributed by atoms with Crippen LogP contribution >= 0.6 is 0 Å². The number of hydrogen-bond acceptors (Lipinski definition) is 4. The number of carbonyl (C=O) groups is 1. The van der Waals surface area contributed by atoms with Crippen LogP contribution in [0.5, 0.6) is 0 Å². The Balaban J connectivity index is 2.29. The molecule has 1 amide bonds. The zero-order valence-electron chi connectivity index (χ0n) is 9.57. The summed E-state index contributed by atoms with van der Waals surface area (Å²) >= 11 is 0. The first-order valence-electron chi connectivity index (χ1n) is 5.59. The van der Waals surface area contributed by atoms with Gasteiger partial charge in [-0.15, -0.1) is 0 Å². The second kappa shape index (κ2) is 6.76. The molecule has 0 atom stereocenters. The van der Waals surface area contributed by atoms with E-state index in [1.807, 2.05) is 0 Å². The minimum absolute atomic E-state index is 0.191. The third kappa shape index (κ3) is 4.25. The molecule has 1 rings (SSSR count). The summed E-state index contributed by atoms with van der Waals surface area (Å²) in [6.45, 7) is 3.06. The number of anilines is 1. The normalized spacial score (nSPS) is 10.1. The van der Waals surface area contributed by atoms with Gasteiger partial charge in [0.05, 0.1) is 12.4 Å². The molecule has 3 N–H and O–H groups in total. The first kappa shape index (κ1) is 12.4. The van der Waals surface area contributed by atoms with Gasteiger partial charge in [0.25, 0.3) is 5.91 Å². The summed E-state index contributed by atoms with van der Waals surface area (Å²) in [5.74, 6) is 0.128. The van der Waals surface area contributed by atoms with Gasteiger partial charge in [-0.2, -0.15) is 0 Å². The van der Waals surface area contributed by atoms with Gasteiger partial charge in [0.1, 0.15) is 11.5 Å². The average molecular weight is 222 g/mol. The maximum absolute atomic E-state index is 10.7. The van der Waals surface area contributed by atoms with Crippen LogP contribution in [-0.4, -0.2) is 22.4 Å². The van der Waals surface area contributed by atoms with E-state index in [4.69, 9.17) is 5.73 Å². The van der Waals surface area contributed by atoms with E-state index in [0.717, 1.165) is 13.0 Å². The Morgan fingerprint density at radius 2 is 2.12 bits per heavy atom. The zero-order valence-corrected chi connectivity index (χ0v) is 9.57. The van der Waals surface area contributed by atoms with Crippen LogP contribution in [0.4, 0.5) is 5.82 Å². The molecule has 5 nitrogen and oxygen atoms in total. The van der Waals surface area contributed by atoms with Gasteiger partial charge in [-0.05, 0) is 6.42 Å². The van der Waals surface area contributed by atoms with Crippen molar-refractivity contribution in [3.8, 4) is 0 Å². The van der Waals surface area contributed by atoms with E-state index < -0.39 is 5.91 Å². The van der Waals surface area contributed by atoms with Crippen LogP contribution in [0.25, 0.3) is 0 Å². The van der Waals surface area contributed by atoms with Crippen molar-refractivity contribution in [2.45, 2.75) is 32.6 Å². The second-order valence-electron chi connectivity index (χ2n) is 3.64. The van der Waals surface area contributed by atoms with Crippen LogP contribution in [0.3, 0.4) is 0 Å². The van der Waals surface area contributed by atoms with Crippen LogP contribution in [0, 0.1) is 0 Å². The third-order valence-corrected chi connectivity index (χ3v) is 2.24.